The Morgan fingerprint density at radius 2 is 1.76 bits per heavy atom. The predicted molar refractivity (Wildman–Crippen MR) is 165 cm³/mol. The topological polar surface area (TPSA) is 159 Å². The van der Waals surface area contributed by atoms with Crippen molar-refractivity contribution in [2.75, 3.05) is 25.1 Å². The fraction of sp³-hybridized carbons (Fsp3) is 0.206. The van der Waals surface area contributed by atoms with E-state index in [2.05, 4.69) is 16.7 Å². The number of benzene rings is 4. The molecule has 0 saturated carbocycles. The van der Waals surface area contributed by atoms with Gasteiger partial charge in [0, 0.05) is 6.07 Å². The molecule has 2 amide bonds. The van der Waals surface area contributed by atoms with Crippen LogP contribution in [-0.4, -0.2) is 48.1 Å². The largest absolute Gasteiger partial charge is 0.489 e. The van der Waals surface area contributed by atoms with E-state index in [0.29, 0.717) is 30.3 Å². The lowest BCUT2D eigenvalue weighted by atomic mass is 9.96. The van der Waals surface area contributed by atoms with Gasteiger partial charge in [-0.3, -0.25) is 0 Å². The van der Waals surface area contributed by atoms with Crippen molar-refractivity contribution >= 4 is 17.7 Å². The Bertz CT molecular complexity index is 1750. The number of aliphatic hydroxyl groups excluding tert-OH is 1. The highest BCUT2D eigenvalue weighted by molar-refractivity contribution is 5.93. The summed E-state index contributed by atoms with van der Waals surface area (Å²) in [7, 11) is 0. The maximum absolute atomic E-state index is 12.5. The molecule has 4 N–H and O–H groups in total. The number of carboxylic acids is 1. The van der Waals surface area contributed by atoms with Gasteiger partial charge in [-0.2, -0.15) is 5.26 Å². The van der Waals surface area contributed by atoms with E-state index in [1.807, 2.05) is 43.3 Å². The fourth-order valence-electron chi connectivity index (χ4n) is 4.73. The van der Waals surface area contributed by atoms with Gasteiger partial charge in [-0.25, -0.2) is 9.59 Å². The molecule has 1 aliphatic heterocycles. The molecule has 11 heteroatoms. The number of hydrogen-bond acceptors (Lipinski definition) is 8. The van der Waals surface area contributed by atoms with Crippen LogP contribution in [0.15, 0.2) is 78.9 Å². The van der Waals surface area contributed by atoms with Gasteiger partial charge in [0.1, 0.15) is 37.9 Å². The number of ether oxygens (including phenoxy) is 4. The number of hydrogen-bond donors (Lipinski definition) is 4. The molecule has 1 aliphatic rings. The second kappa shape index (κ2) is 14.2. The summed E-state index contributed by atoms with van der Waals surface area (Å²) >= 11 is 0. The van der Waals surface area contributed by atoms with Crippen LogP contribution in [0.25, 0.3) is 11.1 Å². The molecule has 230 valence electrons. The Balaban J connectivity index is 1.34. The molecule has 4 aromatic carbocycles. The third-order valence-corrected chi connectivity index (χ3v) is 7.13. The molecule has 4 aromatic rings. The van der Waals surface area contributed by atoms with Crippen LogP contribution in [0.1, 0.15) is 22.3 Å². The highest BCUT2D eigenvalue weighted by Crippen LogP contribution is 2.36. The van der Waals surface area contributed by atoms with E-state index in [-0.39, 0.29) is 24.7 Å². The van der Waals surface area contributed by atoms with Crippen molar-refractivity contribution < 1.29 is 38.7 Å². The molecular formula is C34H31N3O8. The molecule has 0 fully saturated rings. The quantitative estimate of drug-likeness (QED) is 0.183. The zero-order valence-corrected chi connectivity index (χ0v) is 24.4. The van der Waals surface area contributed by atoms with Gasteiger partial charge in [-0.05, 0) is 71.1 Å². The van der Waals surface area contributed by atoms with Gasteiger partial charge < -0.3 is 39.8 Å². The van der Waals surface area contributed by atoms with Crippen LogP contribution in [0.5, 0.6) is 23.0 Å². The predicted octanol–water partition coefficient (Wildman–Crippen LogP) is 5.03. The molecule has 0 spiro atoms. The van der Waals surface area contributed by atoms with Gasteiger partial charge in [0.15, 0.2) is 17.5 Å². The van der Waals surface area contributed by atoms with E-state index in [4.69, 9.17) is 24.1 Å². The van der Waals surface area contributed by atoms with Crippen molar-refractivity contribution in [2.24, 2.45) is 0 Å². The maximum Gasteiger partial charge on any atom is 0.328 e. The minimum absolute atomic E-state index is 0.0837. The number of aliphatic carboxylic acids is 1. The summed E-state index contributed by atoms with van der Waals surface area (Å²) in [6.07, 6.45) is 0. The first kappa shape index (κ1) is 30.7. The van der Waals surface area contributed by atoms with E-state index in [1.165, 1.54) is 0 Å². The van der Waals surface area contributed by atoms with E-state index >= 15 is 0 Å². The fourth-order valence-corrected chi connectivity index (χ4v) is 4.73. The van der Waals surface area contributed by atoms with Crippen LogP contribution in [0, 0.1) is 18.3 Å². The molecule has 0 aromatic heterocycles. The normalized spacial score (nSPS) is 12.4. The molecule has 0 unspecified atom stereocenters. The summed E-state index contributed by atoms with van der Waals surface area (Å²) in [5.41, 5.74) is 5.48. The lowest BCUT2D eigenvalue weighted by molar-refractivity contribution is -0.140. The first-order chi connectivity index (χ1) is 21.8. The Morgan fingerprint density at radius 3 is 2.53 bits per heavy atom. The van der Waals surface area contributed by atoms with Gasteiger partial charge >= 0.3 is 12.0 Å². The number of fused-ring (bicyclic) bond motifs is 1. The van der Waals surface area contributed by atoms with Crippen molar-refractivity contribution in [3.8, 4) is 40.2 Å². The van der Waals surface area contributed by atoms with Crippen LogP contribution in [0.4, 0.5) is 10.5 Å². The molecule has 1 atom stereocenters. The van der Waals surface area contributed by atoms with Crippen molar-refractivity contribution in [3.63, 3.8) is 0 Å². The van der Waals surface area contributed by atoms with E-state index in [9.17, 15) is 20.0 Å². The molecule has 5 rings (SSSR count). The van der Waals surface area contributed by atoms with Gasteiger partial charge in [-0.15, -0.1) is 0 Å². The summed E-state index contributed by atoms with van der Waals surface area (Å²) in [5.74, 6) is 0.776. The molecule has 0 aliphatic carbocycles. The van der Waals surface area contributed by atoms with Gasteiger partial charge in [0.25, 0.3) is 0 Å². The number of carbonyl (C=O) groups is 2. The number of carbonyl (C=O) groups excluding carboxylic acids is 1. The summed E-state index contributed by atoms with van der Waals surface area (Å²) in [6.45, 7) is 2.61. The number of carboxylic acid groups (broad SMARTS) is 1. The second-order valence-corrected chi connectivity index (χ2v) is 10.2. The zero-order valence-electron chi connectivity index (χ0n) is 24.4. The second-order valence-electron chi connectivity index (χ2n) is 10.2. The third-order valence-electron chi connectivity index (χ3n) is 7.13. The van der Waals surface area contributed by atoms with E-state index in [0.717, 1.165) is 33.6 Å². The van der Waals surface area contributed by atoms with Gasteiger partial charge in [0.05, 0.1) is 23.9 Å². The number of anilines is 1. The number of amides is 2. The minimum Gasteiger partial charge on any atom is -0.489 e. The summed E-state index contributed by atoms with van der Waals surface area (Å²) in [6, 6.07) is 23.4. The van der Waals surface area contributed by atoms with E-state index < -0.39 is 24.6 Å². The smallest absolute Gasteiger partial charge is 0.328 e. The maximum atomic E-state index is 12.5. The van der Waals surface area contributed by atoms with Gasteiger partial charge in [0.2, 0.25) is 0 Å². The number of aliphatic hydroxyl groups is 1. The molecule has 0 bridgehead atoms. The standard InChI is InChI=1S/C34H31N3O8/c1-21-25(6-3-7-27(21)24-8-11-30-32(15-24)43-13-12-42-30)20-44-26-9-10-28(36-34(41)37-29(18-38)33(39)40)31(16-26)45-19-23-5-2-4-22(14-23)17-35/h2-11,14-16,29,38H,12-13,18-20H2,1H3,(H,39,40)(H2,36,37,41)/t29-/m0/s1. The van der Waals surface area contributed by atoms with Crippen molar-refractivity contribution in [2.45, 2.75) is 26.2 Å². The highest BCUT2D eigenvalue weighted by atomic mass is 16.6. The third kappa shape index (κ3) is 7.62. The Labute approximate surface area is 259 Å². The van der Waals surface area contributed by atoms with Gasteiger partial charge in [-0.1, -0.05) is 36.4 Å². The van der Waals surface area contributed by atoms with Crippen LogP contribution in [0.2, 0.25) is 0 Å². The number of urea groups is 1. The van der Waals surface area contributed by atoms with Crippen LogP contribution >= 0.6 is 0 Å². The number of nitriles is 1. The number of nitrogens with zero attached hydrogens (tertiary/aromatic N) is 1. The lowest BCUT2D eigenvalue weighted by Gasteiger charge is -2.20. The summed E-state index contributed by atoms with van der Waals surface area (Å²) in [5, 5.41) is 32.4. The molecule has 0 saturated heterocycles. The molecule has 1 heterocycles. The average Bonchev–Trinajstić information content (AvgIpc) is 3.06. The minimum atomic E-state index is -1.48. The highest BCUT2D eigenvalue weighted by Gasteiger charge is 2.20. The zero-order chi connectivity index (χ0) is 31.8. The summed E-state index contributed by atoms with van der Waals surface area (Å²) in [4.78, 5) is 23.8. The summed E-state index contributed by atoms with van der Waals surface area (Å²) < 4.78 is 23.6. The molecule has 0 radical (unpaired) electrons. The molecular weight excluding hydrogens is 578 g/mol. The Morgan fingerprint density at radius 1 is 0.956 bits per heavy atom. The SMILES string of the molecule is Cc1c(COc2ccc(NC(=O)N[C@@H](CO)C(=O)O)c(OCc3cccc(C#N)c3)c2)cccc1-c1ccc2c(c1)OCCO2. The first-order valence-electron chi connectivity index (χ1n) is 14.1. The monoisotopic (exact) mass is 609 g/mol. The van der Waals surface area contributed by atoms with E-state index in [1.54, 1.807) is 42.5 Å². The Hall–Kier alpha value is -5.73. The Kier molecular flexibility index (Phi) is 9.67. The lowest BCUT2D eigenvalue weighted by Crippen LogP contribution is -2.45. The van der Waals surface area contributed by atoms with Crippen LogP contribution in [-0.2, 0) is 18.0 Å². The molecule has 11 nitrogen and oxygen atoms in total. The first-order valence-corrected chi connectivity index (χ1v) is 14.1. The van der Waals surface area contributed by atoms with Crippen molar-refractivity contribution in [1.82, 2.24) is 5.32 Å². The van der Waals surface area contributed by atoms with Crippen LogP contribution < -0.4 is 29.6 Å². The molecule has 45 heavy (non-hydrogen) atoms. The average molecular weight is 610 g/mol. The van der Waals surface area contributed by atoms with Crippen molar-refractivity contribution in [3.05, 3.63) is 101 Å². The number of nitrogens with one attached hydrogen (secondary N) is 2. The van der Waals surface area contributed by atoms with Crippen molar-refractivity contribution in [1.29, 1.82) is 5.26 Å². The number of rotatable bonds is 11. The van der Waals surface area contributed by atoms with Crippen LogP contribution in [0.3, 0.4) is 0 Å².